The highest BCUT2D eigenvalue weighted by molar-refractivity contribution is 6.30. The summed E-state index contributed by atoms with van der Waals surface area (Å²) in [5.74, 6) is 0.109. The summed E-state index contributed by atoms with van der Waals surface area (Å²) in [6.45, 7) is 6.43. The zero-order valence-corrected chi connectivity index (χ0v) is 13.6. The van der Waals surface area contributed by atoms with Crippen molar-refractivity contribution in [3.05, 3.63) is 34.9 Å². The molecule has 0 bridgehead atoms. The number of nitrogens with two attached hydrogens (primary N) is 1. The molecular formula is C16H25ClN2O. The van der Waals surface area contributed by atoms with Gasteiger partial charge in [0, 0.05) is 18.6 Å². The van der Waals surface area contributed by atoms with Crippen LogP contribution < -0.4 is 5.73 Å². The lowest BCUT2D eigenvalue weighted by atomic mass is 9.80. The van der Waals surface area contributed by atoms with Crippen LogP contribution in [0.4, 0.5) is 0 Å². The van der Waals surface area contributed by atoms with E-state index in [4.69, 9.17) is 17.3 Å². The molecule has 4 heteroatoms. The van der Waals surface area contributed by atoms with Crippen molar-refractivity contribution in [2.45, 2.75) is 39.7 Å². The van der Waals surface area contributed by atoms with E-state index in [0.717, 1.165) is 18.4 Å². The Balaban J connectivity index is 2.99. The molecule has 0 radical (unpaired) electrons. The fourth-order valence-electron chi connectivity index (χ4n) is 2.47. The summed E-state index contributed by atoms with van der Waals surface area (Å²) in [5.41, 5.74) is 6.44. The highest BCUT2D eigenvalue weighted by Gasteiger charge is 2.37. The molecule has 0 spiro atoms. The van der Waals surface area contributed by atoms with Gasteiger partial charge in [-0.1, -0.05) is 37.6 Å². The highest BCUT2D eigenvalue weighted by atomic mass is 35.5. The average Bonchev–Trinajstić information content (AvgIpc) is 2.48. The number of hydrogen-bond acceptors (Lipinski definition) is 2. The molecule has 2 N–H and O–H groups in total. The van der Waals surface area contributed by atoms with E-state index < -0.39 is 5.41 Å². The monoisotopic (exact) mass is 296 g/mol. The van der Waals surface area contributed by atoms with Gasteiger partial charge in [0.05, 0.1) is 11.5 Å². The second kappa shape index (κ2) is 7.09. The zero-order valence-electron chi connectivity index (χ0n) is 12.8. The van der Waals surface area contributed by atoms with Gasteiger partial charge in [0.15, 0.2) is 0 Å². The lowest BCUT2D eigenvalue weighted by Gasteiger charge is -2.36. The van der Waals surface area contributed by atoms with Crippen molar-refractivity contribution in [1.29, 1.82) is 0 Å². The SMILES string of the molecule is CCC(CC)(CN)C(=O)N(C)C(C)c1cccc(Cl)c1. The van der Waals surface area contributed by atoms with Crippen LogP contribution in [0.1, 0.15) is 45.2 Å². The first kappa shape index (κ1) is 17.0. The summed E-state index contributed by atoms with van der Waals surface area (Å²) >= 11 is 6.02. The third-order valence-corrected chi connectivity index (χ3v) is 4.67. The topological polar surface area (TPSA) is 46.3 Å². The zero-order chi connectivity index (χ0) is 15.3. The number of carbonyl (C=O) groups excluding carboxylic acids is 1. The Hall–Kier alpha value is -1.06. The number of halogens is 1. The van der Waals surface area contributed by atoms with Crippen LogP contribution in [-0.4, -0.2) is 24.4 Å². The van der Waals surface area contributed by atoms with Crippen molar-refractivity contribution in [1.82, 2.24) is 4.90 Å². The molecule has 0 heterocycles. The third kappa shape index (κ3) is 3.33. The predicted octanol–water partition coefficient (Wildman–Crippen LogP) is 3.62. The summed E-state index contributed by atoms with van der Waals surface area (Å²) in [6, 6.07) is 7.61. The molecule has 1 rings (SSSR count). The number of nitrogens with zero attached hydrogens (tertiary/aromatic N) is 1. The molecule has 0 aliphatic carbocycles. The molecule has 3 nitrogen and oxygen atoms in total. The predicted molar refractivity (Wildman–Crippen MR) is 84.7 cm³/mol. The summed E-state index contributed by atoms with van der Waals surface area (Å²) in [7, 11) is 1.84. The first-order valence-corrected chi connectivity index (χ1v) is 7.52. The van der Waals surface area contributed by atoms with Crippen molar-refractivity contribution in [3.8, 4) is 0 Å². The van der Waals surface area contributed by atoms with Crippen LogP contribution in [0, 0.1) is 5.41 Å². The smallest absolute Gasteiger partial charge is 0.230 e. The minimum absolute atomic E-state index is 0.0229. The molecular weight excluding hydrogens is 272 g/mol. The van der Waals surface area contributed by atoms with Gasteiger partial charge in [0.2, 0.25) is 5.91 Å². The maximum absolute atomic E-state index is 12.8. The van der Waals surface area contributed by atoms with Crippen molar-refractivity contribution in [2.24, 2.45) is 11.1 Å². The maximum Gasteiger partial charge on any atom is 0.230 e. The molecule has 1 unspecified atom stereocenters. The van der Waals surface area contributed by atoms with Crippen molar-refractivity contribution in [3.63, 3.8) is 0 Å². The Morgan fingerprint density at radius 1 is 1.40 bits per heavy atom. The van der Waals surface area contributed by atoms with E-state index in [0.29, 0.717) is 11.6 Å². The normalized spacial score (nSPS) is 13.1. The molecule has 20 heavy (non-hydrogen) atoms. The quantitative estimate of drug-likeness (QED) is 0.871. The van der Waals surface area contributed by atoms with Gasteiger partial charge in [-0.3, -0.25) is 4.79 Å². The van der Waals surface area contributed by atoms with Crippen LogP contribution in [0.25, 0.3) is 0 Å². The summed E-state index contributed by atoms with van der Waals surface area (Å²) in [4.78, 5) is 14.6. The number of amides is 1. The van der Waals surface area contributed by atoms with E-state index in [1.165, 1.54) is 0 Å². The molecule has 0 aromatic heterocycles. The summed E-state index contributed by atoms with van der Waals surface area (Å²) < 4.78 is 0. The van der Waals surface area contributed by atoms with Crippen LogP contribution >= 0.6 is 11.6 Å². The Labute approximate surface area is 127 Å². The van der Waals surface area contributed by atoms with E-state index in [-0.39, 0.29) is 11.9 Å². The summed E-state index contributed by atoms with van der Waals surface area (Å²) in [6.07, 6.45) is 1.51. The standard InChI is InChI=1S/C16H25ClN2O/c1-5-16(6-2,11-18)15(20)19(4)12(3)13-8-7-9-14(17)10-13/h7-10,12H,5-6,11,18H2,1-4H3. The minimum atomic E-state index is -0.457. The van der Waals surface area contributed by atoms with Gasteiger partial charge in [0.1, 0.15) is 0 Å². The van der Waals surface area contributed by atoms with E-state index >= 15 is 0 Å². The number of benzene rings is 1. The molecule has 1 atom stereocenters. The van der Waals surface area contributed by atoms with Gasteiger partial charge in [0.25, 0.3) is 0 Å². The second-order valence-electron chi connectivity index (χ2n) is 5.34. The van der Waals surface area contributed by atoms with Gasteiger partial charge < -0.3 is 10.6 Å². The molecule has 1 amide bonds. The molecule has 112 valence electrons. The minimum Gasteiger partial charge on any atom is -0.338 e. The molecule has 0 saturated heterocycles. The fourth-order valence-corrected chi connectivity index (χ4v) is 2.67. The number of hydrogen-bond donors (Lipinski definition) is 1. The van der Waals surface area contributed by atoms with Gasteiger partial charge in [-0.05, 0) is 37.5 Å². The second-order valence-corrected chi connectivity index (χ2v) is 5.78. The molecule has 1 aromatic rings. The van der Waals surface area contributed by atoms with E-state index in [1.54, 1.807) is 4.90 Å². The van der Waals surface area contributed by atoms with Crippen LogP contribution in [0.5, 0.6) is 0 Å². The van der Waals surface area contributed by atoms with Gasteiger partial charge in [-0.25, -0.2) is 0 Å². The first-order chi connectivity index (χ1) is 9.41. The van der Waals surface area contributed by atoms with Crippen LogP contribution in [0.3, 0.4) is 0 Å². The van der Waals surface area contributed by atoms with E-state index in [1.807, 2.05) is 52.1 Å². The molecule has 0 aliphatic rings. The van der Waals surface area contributed by atoms with Crippen LogP contribution in [0.2, 0.25) is 5.02 Å². The molecule has 0 fully saturated rings. The maximum atomic E-state index is 12.8. The van der Waals surface area contributed by atoms with Crippen LogP contribution in [0.15, 0.2) is 24.3 Å². The average molecular weight is 297 g/mol. The van der Waals surface area contributed by atoms with Crippen molar-refractivity contribution >= 4 is 17.5 Å². The highest BCUT2D eigenvalue weighted by Crippen LogP contribution is 2.31. The van der Waals surface area contributed by atoms with Crippen LogP contribution in [-0.2, 0) is 4.79 Å². The Morgan fingerprint density at radius 2 is 2.00 bits per heavy atom. The lowest BCUT2D eigenvalue weighted by molar-refractivity contribution is -0.142. The van der Waals surface area contributed by atoms with Gasteiger partial charge in [-0.2, -0.15) is 0 Å². The van der Waals surface area contributed by atoms with Gasteiger partial charge >= 0.3 is 0 Å². The first-order valence-electron chi connectivity index (χ1n) is 7.14. The van der Waals surface area contributed by atoms with Crippen molar-refractivity contribution < 1.29 is 4.79 Å². The number of carbonyl (C=O) groups is 1. The number of rotatable bonds is 6. The molecule has 0 saturated carbocycles. The third-order valence-electron chi connectivity index (χ3n) is 4.43. The Kier molecular flexibility index (Phi) is 6.03. The van der Waals surface area contributed by atoms with E-state index in [9.17, 15) is 4.79 Å². The Morgan fingerprint density at radius 3 is 2.45 bits per heavy atom. The van der Waals surface area contributed by atoms with E-state index in [2.05, 4.69) is 0 Å². The summed E-state index contributed by atoms with van der Waals surface area (Å²) in [5, 5.41) is 0.686. The molecule has 1 aromatic carbocycles. The molecule has 0 aliphatic heterocycles. The fraction of sp³-hybridized carbons (Fsp3) is 0.562. The lowest BCUT2D eigenvalue weighted by Crippen LogP contribution is -2.46. The van der Waals surface area contributed by atoms with Gasteiger partial charge in [-0.15, -0.1) is 0 Å². The Bertz CT molecular complexity index is 449. The largest absolute Gasteiger partial charge is 0.338 e. The van der Waals surface area contributed by atoms with Crippen molar-refractivity contribution in [2.75, 3.05) is 13.6 Å².